The van der Waals surface area contributed by atoms with E-state index in [1.807, 2.05) is 6.07 Å². The van der Waals surface area contributed by atoms with Gasteiger partial charge in [-0.15, -0.1) is 0 Å². The molecule has 0 aliphatic carbocycles. The molecule has 0 fully saturated rings. The van der Waals surface area contributed by atoms with Crippen molar-refractivity contribution in [3.05, 3.63) is 46.3 Å². The number of ether oxygens (including phenoxy) is 2. The molecule has 4 nitrogen and oxygen atoms in total. The summed E-state index contributed by atoms with van der Waals surface area (Å²) in [7, 11) is 2.95. The molecule has 0 unspecified atom stereocenters. The van der Waals surface area contributed by atoms with Crippen molar-refractivity contribution in [3.8, 4) is 0 Å². The first-order valence-corrected chi connectivity index (χ1v) is 4.84. The van der Waals surface area contributed by atoms with Crippen molar-refractivity contribution in [1.82, 2.24) is 0 Å². The quantitative estimate of drug-likeness (QED) is 0.743. The molecule has 0 spiro atoms. The van der Waals surface area contributed by atoms with Crippen LogP contribution >= 0.6 is 0 Å². The predicted octanol–water partition coefficient (Wildman–Crippen LogP) is 2.08. The smallest absolute Gasteiger partial charge is 0.200 e. The van der Waals surface area contributed by atoms with Gasteiger partial charge < -0.3 is 13.9 Å². The maximum absolute atomic E-state index is 12.1. The number of rotatable bonds is 3. The van der Waals surface area contributed by atoms with E-state index >= 15 is 0 Å². The summed E-state index contributed by atoms with van der Waals surface area (Å²) >= 11 is 0. The van der Waals surface area contributed by atoms with E-state index in [4.69, 9.17) is 13.9 Å². The summed E-state index contributed by atoms with van der Waals surface area (Å²) in [6, 6.07) is 7.06. The molecule has 0 saturated carbocycles. The molecule has 1 aromatic heterocycles. The van der Waals surface area contributed by atoms with Crippen molar-refractivity contribution in [2.75, 3.05) is 14.2 Å². The Balaban J connectivity index is 2.65. The van der Waals surface area contributed by atoms with Gasteiger partial charge in [0.2, 0.25) is 5.43 Å². The summed E-state index contributed by atoms with van der Waals surface area (Å²) in [5, 5.41) is 0.527. The monoisotopic (exact) mass is 220 g/mol. The number of benzene rings is 1. The fraction of sp³-hybridized carbons (Fsp3) is 0.250. The summed E-state index contributed by atoms with van der Waals surface area (Å²) in [5.41, 5.74) is 0.793. The first-order chi connectivity index (χ1) is 7.77. The lowest BCUT2D eigenvalue weighted by Gasteiger charge is -2.12. The SMILES string of the molecule is COC(OC)c1coc2ccccc2c1=O. The fourth-order valence-corrected chi connectivity index (χ4v) is 1.61. The number of hydrogen-bond donors (Lipinski definition) is 0. The van der Waals surface area contributed by atoms with E-state index in [2.05, 4.69) is 0 Å². The molecular formula is C12H12O4. The molecule has 0 aliphatic rings. The van der Waals surface area contributed by atoms with E-state index in [1.54, 1.807) is 18.2 Å². The molecule has 0 amide bonds. The lowest BCUT2D eigenvalue weighted by molar-refractivity contribution is -0.107. The first kappa shape index (κ1) is 10.9. The molecule has 84 valence electrons. The largest absolute Gasteiger partial charge is 0.464 e. The van der Waals surface area contributed by atoms with Crippen LogP contribution in [0.1, 0.15) is 11.9 Å². The second kappa shape index (κ2) is 4.47. The average Bonchev–Trinajstić information content (AvgIpc) is 2.34. The van der Waals surface area contributed by atoms with Crippen LogP contribution in [0.25, 0.3) is 11.0 Å². The van der Waals surface area contributed by atoms with E-state index in [-0.39, 0.29) is 5.43 Å². The van der Waals surface area contributed by atoms with Gasteiger partial charge in [0.25, 0.3) is 0 Å². The molecule has 0 aliphatic heterocycles. The molecule has 0 radical (unpaired) electrons. The fourth-order valence-electron chi connectivity index (χ4n) is 1.61. The highest BCUT2D eigenvalue weighted by molar-refractivity contribution is 5.76. The third-order valence-electron chi connectivity index (χ3n) is 2.39. The molecule has 1 aromatic carbocycles. The highest BCUT2D eigenvalue weighted by atomic mass is 16.7. The van der Waals surface area contributed by atoms with Gasteiger partial charge in [-0.1, -0.05) is 12.1 Å². The van der Waals surface area contributed by atoms with Crippen molar-refractivity contribution < 1.29 is 13.9 Å². The van der Waals surface area contributed by atoms with Gasteiger partial charge >= 0.3 is 0 Å². The van der Waals surface area contributed by atoms with E-state index in [9.17, 15) is 4.79 Å². The highest BCUT2D eigenvalue weighted by Crippen LogP contribution is 2.17. The number of fused-ring (bicyclic) bond motifs is 1. The first-order valence-electron chi connectivity index (χ1n) is 4.84. The molecular weight excluding hydrogens is 208 g/mol. The number of methoxy groups -OCH3 is 2. The second-order valence-electron chi connectivity index (χ2n) is 3.32. The summed E-state index contributed by atoms with van der Waals surface area (Å²) in [4.78, 5) is 12.1. The van der Waals surface area contributed by atoms with Crippen molar-refractivity contribution in [2.24, 2.45) is 0 Å². The highest BCUT2D eigenvalue weighted by Gasteiger charge is 2.15. The van der Waals surface area contributed by atoms with Crippen LogP contribution in [-0.4, -0.2) is 14.2 Å². The van der Waals surface area contributed by atoms with Crippen LogP contribution in [0.3, 0.4) is 0 Å². The number of hydrogen-bond acceptors (Lipinski definition) is 4. The minimum Gasteiger partial charge on any atom is -0.464 e. The Labute approximate surface area is 92.4 Å². The van der Waals surface area contributed by atoms with Crippen molar-refractivity contribution in [1.29, 1.82) is 0 Å². The van der Waals surface area contributed by atoms with Gasteiger partial charge in [-0.3, -0.25) is 4.79 Å². The van der Waals surface area contributed by atoms with Gasteiger partial charge in [-0.2, -0.15) is 0 Å². The van der Waals surface area contributed by atoms with Crippen LogP contribution in [0.5, 0.6) is 0 Å². The normalized spacial score (nSPS) is 11.2. The lowest BCUT2D eigenvalue weighted by atomic mass is 10.1. The zero-order valence-corrected chi connectivity index (χ0v) is 9.10. The molecule has 0 saturated heterocycles. The van der Waals surface area contributed by atoms with Gasteiger partial charge in [-0.05, 0) is 12.1 Å². The summed E-state index contributed by atoms with van der Waals surface area (Å²) in [6.45, 7) is 0. The van der Waals surface area contributed by atoms with E-state index in [0.717, 1.165) is 0 Å². The predicted molar refractivity (Wildman–Crippen MR) is 59.2 cm³/mol. The van der Waals surface area contributed by atoms with Gasteiger partial charge in [0.15, 0.2) is 6.29 Å². The summed E-state index contributed by atoms with van der Waals surface area (Å²) in [6.07, 6.45) is 0.684. The van der Waals surface area contributed by atoms with Crippen LogP contribution in [0.4, 0.5) is 0 Å². The van der Waals surface area contributed by atoms with E-state index in [0.29, 0.717) is 16.5 Å². The summed E-state index contributed by atoms with van der Waals surface area (Å²) in [5.74, 6) is 0. The lowest BCUT2D eigenvalue weighted by Crippen LogP contribution is -2.16. The van der Waals surface area contributed by atoms with Crippen LogP contribution in [0.15, 0.2) is 39.7 Å². The summed E-state index contributed by atoms with van der Waals surface area (Å²) < 4.78 is 15.4. The van der Waals surface area contributed by atoms with Crippen LogP contribution in [0.2, 0.25) is 0 Å². The molecule has 0 N–H and O–H groups in total. The maximum atomic E-state index is 12.1. The molecule has 4 heteroatoms. The van der Waals surface area contributed by atoms with Gasteiger partial charge in [-0.25, -0.2) is 0 Å². The Bertz CT molecular complexity index is 540. The topological polar surface area (TPSA) is 48.7 Å². The van der Waals surface area contributed by atoms with Gasteiger partial charge in [0.1, 0.15) is 11.8 Å². The third kappa shape index (κ3) is 1.73. The van der Waals surface area contributed by atoms with Crippen LogP contribution in [0, 0.1) is 0 Å². The van der Waals surface area contributed by atoms with Gasteiger partial charge in [0.05, 0.1) is 10.9 Å². The Kier molecular flexibility index (Phi) is 3.03. The molecule has 2 aromatic rings. The minimum absolute atomic E-state index is 0.129. The maximum Gasteiger partial charge on any atom is 0.200 e. The van der Waals surface area contributed by atoms with Crippen molar-refractivity contribution in [3.63, 3.8) is 0 Å². The van der Waals surface area contributed by atoms with E-state index in [1.165, 1.54) is 20.5 Å². The van der Waals surface area contributed by atoms with E-state index < -0.39 is 6.29 Å². The molecule has 0 bridgehead atoms. The Morgan fingerprint density at radius 3 is 2.56 bits per heavy atom. The zero-order chi connectivity index (χ0) is 11.5. The molecule has 1 heterocycles. The third-order valence-corrected chi connectivity index (χ3v) is 2.39. The average molecular weight is 220 g/mol. The Morgan fingerprint density at radius 1 is 1.19 bits per heavy atom. The Hall–Kier alpha value is -1.65. The molecule has 2 rings (SSSR count). The Morgan fingerprint density at radius 2 is 1.88 bits per heavy atom. The standard InChI is InChI=1S/C12H12O4/c1-14-12(15-2)9-7-16-10-6-4-3-5-8(10)11(9)13/h3-7,12H,1-2H3. The van der Waals surface area contributed by atoms with Crippen LogP contribution in [-0.2, 0) is 9.47 Å². The molecule has 0 atom stereocenters. The minimum atomic E-state index is -0.694. The van der Waals surface area contributed by atoms with Gasteiger partial charge in [0, 0.05) is 14.2 Å². The molecule has 16 heavy (non-hydrogen) atoms. The van der Waals surface area contributed by atoms with Crippen LogP contribution < -0.4 is 5.43 Å². The van der Waals surface area contributed by atoms with Crippen molar-refractivity contribution in [2.45, 2.75) is 6.29 Å². The van der Waals surface area contributed by atoms with Crippen molar-refractivity contribution >= 4 is 11.0 Å². The zero-order valence-electron chi connectivity index (χ0n) is 9.10. The number of para-hydroxylation sites is 1. The second-order valence-corrected chi connectivity index (χ2v) is 3.32.